The van der Waals surface area contributed by atoms with Crippen LogP contribution in [0.3, 0.4) is 0 Å². The fraction of sp³-hybridized carbons (Fsp3) is 0.150. The van der Waals surface area contributed by atoms with Gasteiger partial charge < -0.3 is 9.15 Å². The van der Waals surface area contributed by atoms with Gasteiger partial charge in [-0.2, -0.15) is 0 Å². The largest absolute Gasteiger partial charge is 0.454 e. The average Bonchev–Trinajstić information content (AvgIpc) is 3.44. The zero-order valence-electron chi connectivity index (χ0n) is 14.9. The highest BCUT2D eigenvalue weighted by Crippen LogP contribution is 2.21. The summed E-state index contributed by atoms with van der Waals surface area (Å²) >= 11 is 0. The number of aromatic nitrogens is 5. The molecule has 0 aliphatic rings. The molecule has 0 spiro atoms. The molecule has 0 aliphatic heterocycles. The summed E-state index contributed by atoms with van der Waals surface area (Å²) in [6, 6.07) is 18.5. The van der Waals surface area contributed by atoms with Gasteiger partial charge in [-0.3, -0.25) is 0 Å². The van der Waals surface area contributed by atoms with Crippen LogP contribution in [0.5, 0.6) is 0 Å². The van der Waals surface area contributed by atoms with E-state index in [0.717, 1.165) is 11.1 Å². The second-order valence-corrected chi connectivity index (χ2v) is 6.09. The summed E-state index contributed by atoms with van der Waals surface area (Å²) in [5.74, 6) is 0.478. The molecule has 0 radical (unpaired) electrons. The van der Waals surface area contributed by atoms with Gasteiger partial charge in [-0.1, -0.05) is 60.7 Å². The van der Waals surface area contributed by atoms with Crippen molar-refractivity contribution < 1.29 is 13.9 Å². The summed E-state index contributed by atoms with van der Waals surface area (Å²) < 4.78 is 12.5. The Kier molecular flexibility index (Phi) is 5.19. The monoisotopic (exact) mass is 375 g/mol. The number of carbonyl (C=O) groups is 1. The Balaban J connectivity index is 1.44. The third-order valence-corrected chi connectivity index (χ3v) is 4.18. The zero-order valence-corrected chi connectivity index (χ0v) is 14.9. The van der Waals surface area contributed by atoms with Crippen molar-refractivity contribution in [1.82, 2.24) is 25.2 Å². The third-order valence-electron chi connectivity index (χ3n) is 4.18. The molecule has 2 heterocycles. The first-order chi connectivity index (χ1) is 13.8. The normalized spacial score (nSPS) is 11.9. The Bertz CT molecular complexity index is 1020. The molecule has 0 saturated carbocycles. The highest BCUT2D eigenvalue weighted by molar-refractivity contribution is 5.74. The molecule has 0 unspecified atom stereocenters. The van der Waals surface area contributed by atoms with Gasteiger partial charge in [0.05, 0.1) is 6.20 Å². The molecular weight excluding hydrogens is 358 g/mol. The molecule has 4 aromatic rings. The molecule has 8 nitrogen and oxygen atoms in total. The molecule has 140 valence electrons. The van der Waals surface area contributed by atoms with Crippen LogP contribution in [0, 0.1) is 0 Å². The van der Waals surface area contributed by atoms with Crippen molar-refractivity contribution in [2.75, 3.05) is 0 Å². The van der Waals surface area contributed by atoms with E-state index in [1.54, 1.807) is 6.20 Å². The molecule has 0 aliphatic carbocycles. The standard InChI is InChI=1S/C20H17N5O3/c26-20(17(25-14-22-23-24-25)11-15-7-3-1-4-8-15)27-13-19-21-12-18(28-19)16-9-5-2-6-10-16/h1-10,12,14,17H,11,13H2/t17-/m1/s1. The zero-order chi connectivity index (χ0) is 19.2. The summed E-state index contributed by atoms with van der Waals surface area (Å²) in [5, 5.41) is 11.1. The van der Waals surface area contributed by atoms with Gasteiger partial charge in [-0.05, 0) is 16.0 Å². The highest BCUT2D eigenvalue weighted by Gasteiger charge is 2.24. The maximum atomic E-state index is 12.7. The minimum absolute atomic E-state index is 0.0704. The van der Waals surface area contributed by atoms with Gasteiger partial charge in [0.15, 0.2) is 18.4 Å². The van der Waals surface area contributed by atoms with E-state index in [-0.39, 0.29) is 6.61 Å². The smallest absolute Gasteiger partial charge is 0.331 e. The molecule has 0 N–H and O–H groups in total. The van der Waals surface area contributed by atoms with Gasteiger partial charge in [0.1, 0.15) is 6.33 Å². The van der Waals surface area contributed by atoms with Gasteiger partial charge in [0.2, 0.25) is 5.89 Å². The van der Waals surface area contributed by atoms with E-state index in [0.29, 0.717) is 18.1 Å². The number of carbonyl (C=O) groups excluding carboxylic acids is 1. The lowest BCUT2D eigenvalue weighted by atomic mass is 10.1. The van der Waals surface area contributed by atoms with Crippen molar-refractivity contribution in [1.29, 1.82) is 0 Å². The van der Waals surface area contributed by atoms with E-state index in [2.05, 4.69) is 20.5 Å². The lowest BCUT2D eigenvalue weighted by molar-refractivity contribution is -0.150. The highest BCUT2D eigenvalue weighted by atomic mass is 16.5. The summed E-state index contributed by atoms with van der Waals surface area (Å²) in [6.07, 6.45) is 3.42. The van der Waals surface area contributed by atoms with Crippen LogP contribution in [-0.2, 0) is 22.6 Å². The van der Waals surface area contributed by atoms with Gasteiger partial charge in [-0.15, -0.1) is 5.10 Å². The molecule has 2 aromatic heterocycles. The molecule has 0 fully saturated rings. The third kappa shape index (κ3) is 4.12. The van der Waals surface area contributed by atoms with Crippen LogP contribution < -0.4 is 0 Å². The Hall–Kier alpha value is -3.81. The fourth-order valence-corrected chi connectivity index (χ4v) is 2.78. The number of tetrazole rings is 1. The summed E-state index contributed by atoms with van der Waals surface area (Å²) in [4.78, 5) is 16.9. The number of hydrogen-bond acceptors (Lipinski definition) is 7. The summed E-state index contributed by atoms with van der Waals surface area (Å²) in [6.45, 7) is -0.0704. The summed E-state index contributed by atoms with van der Waals surface area (Å²) in [5.41, 5.74) is 1.88. The first-order valence-corrected chi connectivity index (χ1v) is 8.73. The van der Waals surface area contributed by atoms with Crippen LogP contribution in [0.2, 0.25) is 0 Å². The number of ether oxygens (including phenoxy) is 1. The van der Waals surface area contributed by atoms with E-state index in [9.17, 15) is 4.79 Å². The van der Waals surface area contributed by atoms with Gasteiger partial charge in [0, 0.05) is 12.0 Å². The lowest BCUT2D eigenvalue weighted by Gasteiger charge is -2.15. The number of nitrogens with zero attached hydrogens (tertiary/aromatic N) is 5. The van der Waals surface area contributed by atoms with Crippen LogP contribution in [0.4, 0.5) is 0 Å². The predicted octanol–water partition coefficient (Wildman–Crippen LogP) is 2.86. The van der Waals surface area contributed by atoms with Crippen LogP contribution in [-0.4, -0.2) is 31.2 Å². The van der Waals surface area contributed by atoms with Crippen LogP contribution in [0.15, 0.2) is 77.6 Å². The Morgan fingerprint density at radius 1 is 1.07 bits per heavy atom. The van der Waals surface area contributed by atoms with Crippen molar-refractivity contribution in [3.05, 3.63) is 84.6 Å². The Morgan fingerprint density at radius 2 is 1.82 bits per heavy atom. The second-order valence-electron chi connectivity index (χ2n) is 6.09. The van der Waals surface area contributed by atoms with Crippen molar-refractivity contribution in [3.63, 3.8) is 0 Å². The molecule has 0 amide bonds. The predicted molar refractivity (Wildman–Crippen MR) is 98.7 cm³/mol. The quantitative estimate of drug-likeness (QED) is 0.458. The van der Waals surface area contributed by atoms with Gasteiger partial charge in [0.25, 0.3) is 0 Å². The van der Waals surface area contributed by atoms with E-state index in [1.807, 2.05) is 60.7 Å². The number of esters is 1. The fourth-order valence-electron chi connectivity index (χ4n) is 2.78. The first kappa shape index (κ1) is 17.6. The van der Waals surface area contributed by atoms with E-state index >= 15 is 0 Å². The topological polar surface area (TPSA) is 95.9 Å². The molecule has 4 rings (SSSR count). The lowest BCUT2D eigenvalue weighted by Crippen LogP contribution is -2.24. The molecule has 8 heteroatoms. The van der Waals surface area contributed by atoms with Crippen molar-refractivity contribution in [3.8, 4) is 11.3 Å². The molecule has 2 aromatic carbocycles. The number of oxazole rings is 1. The minimum Gasteiger partial charge on any atom is -0.454 e. The van der Waals surface area contributed by atoms with Crippen LogP contribution in [0.25, 0.3) is 11.3 Å². The van der Waals surface area contributed by atoms with Crippen LogP contribution >= 0.6 is 0 Å². The maximum Gasteiger partial charge on any atom is 0.331 e. The van der Waals surface area contributed by atoms with E-state index in [1.165, 1.54) is 11.0 Å². The first-order valence-electron chi connectivity index (χ1n) is 8.73. The van der Waals surface area contributed by atoms with Crippen molar-refractivity contribution in [2.24, 2.45) is 0 Å². The number of rotatable bonds is 7. The summed E-state index contributed by atoms with van der Waals surface area (Å²) in [7, 11) is 0. The second kappa shape index (κ2) is 8.26. The maximum absolute atomic E-state index is 12.7. The van der Waals surface area contributed by atoms with E-state index < -0.39 is 12.0 Å². The number of benzene rings is 2. The molecular formula is C20H17N5O3. The van der Waals surface area contributed by atoms with Gasteiger partial charge >= 0.3 is 5.97 Å². The van der Waals surface area contributed by atoms with Gasteiger partial charge in [-0.25, -0.2) is 14.5 Å². The van der Waals surface area contributed by atoms with Crippen LogP contribution in [0.1, 0.15) is 17.5 Å². The Labute approximate surface area is 160 Å². The molecule has 1 atom stereocenters. The van der Waals surface area contributed by atoms with E-state index in [4.69, 9.17) is 9.15 Å². The molecule has 28 heavy (non-hydrogen) atoms. The minimum atomic E-state index is -0.680. The molecule has 0 saturated heterocycles. The average molecular weight is 375 g/mol. The van der Waals surface area contributed by atoms with Crippen molar-refractivity contribution >= 4 is 5.97 Å². The SMILES string of the molecule is O=C(OCc1ncc(-c2ccccc2)o1)[C@@H](Cc1ccccc1)n1cnnn1. The molecule has 0 bridgehead atoms. The van der Waals surface area contributed by atoms with Crippen molar-refractivity contribution in [2.45, 2.75) is 19.1 Å². The Morgan fingerprint density at radius 3 is 2.54 bits per heavy atom. The number of hydrogen-bond donors (Lipinski definition) is 0.